The van der Waals surface area contributed by atoms with Crippen molar-refractivity contribution >= 4 is 0 Å². The van der Waals surface area contributed by atoms with Crippen molar-refractivity contribution in [2.45, 2.75) is 33.1 Å². The van der Waals surface area contributed by atoms with E-state index in [2.05, 4.69) is 30.3 Å². The van der Waals surface area contributed by atoms with Crippen LogP contribution in [-0.4, -0.2) is 36.6 Å². The second-order valence-electron chi connectivity index (χ2n) is 4.96. The Morgan fingerprint density at radius 3 is 2.83 bits per heavy atom. The van der Waals surface area contributed by atoms with E-state index < -0.39 is 0 Å². The molecule has 4 nitrogen and oxygen atoms in total. The Hall–Kier alpha value is -0.870. The Balaban J connectivity index is 2.44. The molecule has 0 saturated heterocycles. The molecule has 1 unspecified atom stereocenters. The van der Waals surface area contributed by atoms with Crippen LogP contribution in [-0.2, 0) is 18.2 Å². The van der Waals surface area contributed by atoms with Gasteiger partial charge >= 0.3 is 0 Å². The third-order valence-electron chi connectivity index (χ3n) is 3.21. The van der Waals surface area contributed by atoms with E-state index in [1.165, 1.54) is 18.5 Å². The summed E-state index contributed by atoms with van der Waals surface area (Å²) in [5.74, 6) is 0.682. The fourth-order valence-corrected chi connectivity index (χ4v) is 2.32. The number of nitrogens with zero attached hydrogens (tertiary/aromatic N) is 2. The molecular formula is C14H27N3O. The zero-order valence-corrected chi connectivity index (χ0v) is 12.2. The molecule has 1 rings (SSSR count). The van der Waals surface area contributed by atoms with Gasteiger partial charge in [0.25, 0.3) is 0 Å². The highest BCUT2D eigenvalue weighted by Gasteiger charge is 2.11. The maximum Gasteiger partial charge on any atom is 0.0596 e. The highest BCUT2D eigenvalue weighted by molar-refractivity contribution is 5.09. The monoisotopic (exact) mass is 253 g/mol. The smallest absolute Gasteiger partial charge is 0.0596 e. The summed E-state index contributed by atoms with van der Waals surface area (Å²) in [6.45, 7) is 7.07. The van der Waals surface area contributed by atoms with E-state index in [0.717, 1.165) is 31.8 Å². The molecule has 0 radical (unpaired) electrons. The molecule has 1 aromatic heterocycles. The Bertz CT molecular complexity index is 336. The number of hydrogen-bond donors (Lipinski definition) is 1. The number of aromatic nitrogens is 2. The molecule has 0 bridgehead atoms. The Morgan fingerprint density at radius 2 is 2.28 bits per heavy atom. The van der Waals surface area contributed by atoms with Gasteiger partial charge in [-0.15, -0.1) is 0 Å². The molecule has 0 aromatic carbocycles. The van der Waals surface area contributed by atoms with Crippen LogP contribution >= 0.6 is 0 Å². The Kier molecular flexibility index (Phi) is 6.98. The third-order valence-corrected chi connectivity index (χ3v) is 3.21. The van der Waals surface area contributed by atoms with Gasteiger partial charge in [-0.2, -0.15) is 5.10 Å². The van der Waals surface area contributed by atoms with Crippen molar-refractivity contribution in [2.24, 2.45) is 13.0 Å². The Labute approximate surface area is 111 Å². The summed E-state index contributed by atoms with van der Waals surface area (Å²) in [4.78, 5) is 0. The molecule has 1 N–H and O–H groups in total. The number of ether oxygens (including phenoxy) is 1. The van der Waals surface area contributed by atoms with Crippen molar-refractivity contribution in [1.82, 2.24) is 15.1 Å². The number of rotatable bonds is 9. The second-order valence-corrected chi connectivity index (χ2v) is 4.96. The second kappa shape index (κ2) is 8.27. The lowest BCUT2D eigenvalue weighted by molar-refractivity contribution is 0.197. The lowest BCUT2D eigenvalue weighted by atomic mass is 9.97. The van der Waals surface area contributed by atoms with Crippen molar-refractivity contribution in [3.63, 3.8) is 0 Å². The summed E-state index contributed by atoms with van der Waals surface area (Å²) in [7, 11) is 3.77. The summed E-state index contributed by atoms with van der Waals surface area (Å²) >= 11 is 0. The first kappa shape index (κ1) is 15.2. The molecule has 0 aliphatic heterocycles. The third kappa shape index (κ3) is 5.19. The van der Waals surface area contributed by atoms with Crippen LogP contribution in [0, 0.1) is 12.8 Å². The zero-order valence-electron chi connectivity index (χ0n) is 12.2. The van der Waals surface area contributed by atoms with E-state index >= 15 is 0 Å². The van der Waals surface area contributed by atoms with Gasteiger partial charge in [0, 0.05) is 26.4 Å². The average Bonchev–Trinajstić information content (AvgIpc) is 2.63. The molecule has 0 aliphatic carbocycles. The SMILES string of the molecule is CCCC(CNCCOC)Cc1cc(C)nn1C. The van der Waals surface area contributed by atoms with Gasteiger partial charge in [-0.25, -0.2) is 0 Å². The fraction of sp³-hybridized carbons (Fsp3) is 0.786. The summed E-state index contributed by atoms with van der Waals surface area (Å²) in [5.41, 5.74) is 2.44. The van der Waals surface area contributed by atoms with Crippen LogP contribution in [0.2, 0.25) is 0 Å². The molecule has 1 aromatic rings. The number of hydrogen-bond acceptors (Lipinski definition) is 3. The van der Waals surface area contributed by atoms with E-state index in [1.807, 2.05) is 11.7 Å². The van der Waals surface area contributed by atoms with Gasteiger partial charge < -0.3 is 10.1 Å². The molecule has 1 heterocycles. The molecule has 0 fully saturated rings. The van der Waals surface area contributed by atoms with Crippen LogP contribution in [0.5, 0.6) is 0 Å². The highest BCUT2D eigenvalue weighted by Crippen LogP contribution is 2.14. The predicted molar refractivity (Wildman–Crippen MR) is 74.8 cm³/mol. The molecule has 4 heteroatoms. The van der Waals surface area contributed by atoms with Crippen LogP contribution in [0.4, 0.5) is 0 Å². The average molecular weight is 253 g/mol. The van der Waals surface area contributed by atoms with Crippen molar-refractivity contribution in [3.05, 3.63) is 17.5 Å². The lowest BCUT2D eigenvalue weighted by Gasteiger charge is -2.17. The first-order valence-corrected chi connectivity index (χ1v) is 6.86. The van der Waals surface area contributed by atoms with Crippen molar-refractivity contribution in [3.8, 4) is 0 Å². The molecule has 0 spiro atoms. The topological polar surface area (TPSA) is 39.1 Å². The largest absolute Gasteiger partial charge is 0.383 e. The fourth-order valence-electron chi connectivity index (χ4n) is 2.32. The minimum Gasteiger partial charge on any atom is -0.383 e. The molecule has 1 atom stereocenters. The van der Waals surface area contributed by atoms with E-state index in [4.69, 9.17) is 4.74 Å². The lowest BCUT2D eigenvalue weighted by Crippen LogP contribution is -2.27. The van der Waals surface area contributed by atoms with E-state index in [-0.39, 0.29) is 0 Å². The van der Waals surface area contributed by atoms with Gasteiger partial charge in [0.05, 0.1) is 12.3 Å². The minimum absolute atomic E-state index is 0.682. The van der Waals surface area contributed by atoms with Gasteiger partial charge in [0.15, 0.2) is 0 Å². The maximum absolute atomic E-state index is 5.05. The van der Waals surface area contributed by atoms with Crippen molar-refractivity contribution < 1.29 is 4.74 Å². The van der Waals surface area contributed by atoms with Crippen LogP contribution in [0.25, 0.3) is 0 Å². The Morgan fingerprint density at radius 1 is 1.50 bits per heavy atom. The number of nitrogens with one attached hydrogen (secondary N) is 1. The van der Waals surface area contributed by atoms with Crippen LogP contribution in [0.1, 0.15) is 31.2 Å². The number of methoxy groups -OCH3 is 1. The van der Waals surface area contributed by atoms with E-state index in [9.17, 15) is 0 Å². The van der Waals surface area contributed by atoms with Crippen molar-refractivity contribution in [1.29, 1.82) is 0 Å². The standard InChI is InChI=1S/C14H27N3O/c1-5-6-13(11-15-7-8-18-4)10-14-9-12(2)16-17(14)3/h9,13,15H,5-8,10-11H2,1-4H3. The summed E-state index contributed by atoms with van der Waals surface area (Å²) < 4.78 is 7.05. The first-order chi connectivity index (χ1) is 8.67. The predicted octanol–water partition coefficient (Wildman–Crippen LogP) is 1.92. The van der Waals surface area contributed by atoms with Gasteiger partial charge in [-0.05, 0) is 38.3 Å². The zero-order chi connectivity index (χ0) is 13.4. The quantitative estimate of drug-likeness (QED) is 0.683. The van der Waals surface area contributed by atoms with Crippen LogP contribution < -0.4 is 5.32 Å². The molecule has 18 heavy (non-hydrogen) atoms. The summed E-state index contributed by atoms with van der Waals surface area (Å²) in [5, 5.41) is 7.87. The molecule has 0 aliphatic rings. The molecule has 104 valence electrons. The first-order valence-electron chi connectivity index (χ1n) is 6.86. The molecule has 0 amide bonds. The normalized spacial score (nSPS) is 12.9. The van der Waals surface area contributed by atoms with Gasteiger partial charge in [0.2, 0.25) is 0 Å². The van der Waals surface area contributed by atoms with Crippen LogP contribution in [0.3, 0.4) is 0 Å². The molecule has 0 saturated carbocycles. The summed E-state index contributed by atoms with van der Waals surface area (Å²) in [6, 6.07) is 2.19. The summed E-state index contributed by atoms with van der Waals surface area (Å²) in [6.07, 6.45) is 3.59. The van der Waals surface area contributed by atoms with E-state index in [0.29, 0.717) is 5.92 Å². The minimum atomic E-state index is 0.682. The van der Waals surface area contributed by atoms with Gasteiger partial charge in [-0.3, -0.25) is 4.68 Å². The highest BCUT2D eigenvalue weighted by atomic mass is 16.5. The molecular weight excluding hydrogens is 226 g/mol. The van der Waals surface area contributed by atoms with Gasteiger partial charge in [-0.1, -0.05) is 13.3 Å². The maximum atomic E-state index is 5.05. The van der Waals surface area contributed by atoms with Crippen LogP contribution in [0.15, 0.2) is 6.07 Å². The van der Waals surface area contributed by atoms with Gasteiger partial charge in [0.1, 0.15) is 0 Å². The van der Waals surface area contributed by atoms with Crippen molar-refractivity contribution in [2.75, 3.05) is 26.8 Å². The van der Waals surface area contributed by atoms with E-state index in [1.54, 1.807) is 7.11 Å². The number of aryl methyl sites for hydroxylation is 2.